The monoisotopic (exact) mass is 367 g/mol. The summed E-state index contributed by atoms with van der Waals surface area (Å²) in [5.74, 6) is 1.27. The van der Waals surface area contributed by atoms with Gasteiger partial charge in [0.15, 0.2) is 5.65 Å². The van der Waals surface area contributed by atoms with Crippen molar-refractivity contribution in [3.05, 3.63) is 41.9 Å². The van der Waals surface area contributed by atoms with Gasteiger partial charge in [0.1, 0.15) is 17.0 Å². The van der Waals surface area contributed by atoms with Gasteiger partial charge in [-0.3, -0.25) is 9.89 Å². The number of carbonyl (C=O) groups is 1. The number of fused-ring (bicyclic) bond motifs is 1. The summed E-state index contributed by atoms with van der Waals surface area (Å²) in [6.45, 7) is 1.31. The number of amides is 1. The molecule has 0 bridgehead atoms. The lowest BCUT2D eigenvalue weighted by Crippen LogP contribution is -2.39. The standard InChI is InChI=1S/C19H21N5O3/c1-26-13-5-6-14(15(10-13)27-2)19(25)24-9-3-4-12(11-24)16-17-18(23-22-16)21-8-7-20-17/h5-8,10,12H,3-4,9,11H2,1-2H3,(H,21,22,23)/t12-/m0/s1. The number of methoxy groups -OCH3 is 2. The zero-order valence-electron chi connectivity index (χ0n) is 15.3. The fourth-order valence-electron chi connectivity index (χ4n) is 3.60. The summed E-state index contributed by atoms with van der Waals surface area (Å²) in [7, 11) is 3.14. The van der Waals surface area contributed by atoms with E-state index in [0.29, 0.717) is 35.8 Å². The highest BCUT2D eigenvalue weighted by Crippen LogP contribution is 2.31. The molecule has 0 aliphatic carbocycles. The van der Waals surface area contributed by atoms with Crippen LogP contribution in [0.15, 0.2) is 30.6 Å². The Bertz CT molecular complexity index is 971. The van der Waals surface area contributed by atoms with E-state index in [2.05, 4.69) is 20.2 Å². The van der Waals surface area contributed by atoms with E-state index in [0.717, 1.165) is 24.1 Å². The molecule has 0 spiro atoms. The van der Waals surface area contributed by atoms with E-state index in [-0.39, 0.29) is 11.8 Å². The first kappa shape index (κ1) is 17.3. The van der Waals surface area contributed by atoms with E-state index in [4.69, 9.17) is 9.47 Å². The molecule has 140 valence electrons. The Labute approximate surface area is 156 Å². The minimum absolute atomic E-state index is 0.0471. The molecule has 1 amide bonds. The van der Waals surface area contributed by atoms with Gasteiger partial charge in [-0.05, 0) is 25.0 Å². The van der Waals surface area contributed by atoms with Crippen LogP contribution >= 0.6 is 0 Å². The molecule has 0 unspecified atom stereocenters. The first-order valence-electron chi connectivity index (χ1n) is 8.87. The average molecular weight is 367 g/mol. The molecule has 8 heteroatoms. The third kappa shape index (κ3) is 3.18. The van der Waals surface area contributed by atoms with Crippen LogP contribution in [0.3, 0.4) is 0 Å². The number of H-pyrrole nitrogens is 1. The fourth-order valence-corrected chi connectivity index (χ4v) is 3.60. The van der Waals surface area contributed by atoms with Crippen molar-refractivity contribution in [1.82, 2.24) is 25.1 Å². The van der Waals surface area contributed by atoms with Crippen LogP contribution in [0.5, 0.6) is 11.5 Å². The van der Waals surface area contributed by atoms with Gasteiger partial charge in [-0.25, -0.2) is 9.97 Å². The van der Waals surface area contributed by atoms with E-state index in [1.54, 1.807) is 44.8 Å². The number of rotatable bonds is 4. The zero-order valence-corrected chi connectivity index (χ0v) is 15.3. The van der Waals surface area contributed by atoms with Gasteiger partial charge in [-0.15, -0.1) is 0 Å². The van der Waals surface area contributed by atoms with Crippen LogP contribution in [0.4, 0.5) is 0 Å². The molecule has 8 nitrogen and oxygen atoms in total. The maximum absolute atomic E-state index is 13.1. The van der Waals surface area contributed by atoms with Crippen LogP contribution in [-0.2, 0) is 0 Å². The number of ether oxygens (including phenoxy) is 2. The topological polar surface area (TPSA) is 93.2 Å². The van der Waals surface area contributed by atoms with Gasteiger partial charge >= 0.3 is 0 Å². The van der Waals surface area contributed by atoms with E-state index in [1.165, 1.54) is 0 Å². The summed E-state index contributed by atoms with van der Waals surface area (Å²) in [5.41, 5.74) is 2.86. The number of carbonyl (C=O) groups excluding carboxylic acids is 1. The SMILES string of the molecule is COc1ccc(C(=O)N2CCC[C@H](c3[nH]nc4nccnc34)C2)c(OC)c1. The van der Waals surface area contributed by atoms with Gasteiger partial charge in [0.05, 0.1) is 25.5 Å². The van der Waals surface area contributed by atoms with Crippen LogP contribution in [-0.4, -0.2) is 58.3 Å². The zero-order chi connectivity index (χ0) is 18.8. The molecule has 0 saturated carbocycles. The lowest BCUT2D eigenvalue weighted by atomic mass is 9.93. The summed E-state index contributed by atoms with van der Waals surface area (Å²) in [6, 6.07) is 5.25. The molecule has 27 heavy (non-hydrogen) atoms. The number of nitrogens with zero attached hydrogens (tertiary/aromatic N) is 4. The van der Waals surface area contributed by atoms with Crippen molar-refractivity contribution in [2.75, 3.05) is 27.3 Å². The van der Waals surface area contributed by atoms with Crippen molar-refractivity contribution >= 4 is 17.1 Å². The number of benzene rings is 1. The van der Waals surface area contributed by atoms with Gasteiger partial charge in [-0.2, -0.15) is 5.10 Å². The Morgan fingerprint density at radius 1 is 1.22 bits per heavy atom. The minimum Gasteiger partial charge on any atom is -0.497 e. The van der Waals surface area contributed by atoms with E-state index < -0.39 is 0 Å². The summed E-state index contributed by atoms with van der Waals surface area (Å²) in [6.07, 6.45) is 5.17. The molecule has 1 atom stereocenters. The molecular weight excluding hydrogens is 346 g/mol. The number of aromatic nitrogens is 4. The van der Waals surface area contributed by atoms with Gasteiger partial charge in [-0.1, -0.05) is 0 Å². The summed E-state index contributed by atoms with van der Waals surface area (Å²) in [4.78, 5) is 23.6. The normalized spacial score (nSPS) is 17.1. The van der Waals surface area contributed by atoms with Gasteiger partial charge in [0, 0.05) is 37.5 Å². The highest BCUT2D eigenvalue weighted by atomic mass is 16.5. The predicted molar refractivity (Wildman–Crippen MR) is 99.1 cm³/mol. The second kappa shape index (κ2) is 7.22. The molecule has 2 aromatic heterocycles. The second-order valence-electron chi connectivity index (χ2n) is 6.52. The molecule has 3 heterocycles. The van der Waals surface area contributed by atoms with Crippen molar-refractivity contribution in [1.29, 1.82) is 0 Å². The van der Waals surface area contributed by atoms with Crippen molar-refractivity contribution in [2.24, 2.45) is 0 Å². The van der Waals surface area contributed by atoms with Crippen molar-refractivity contribution in [2.45, 2.75) is 18.8 Å². The second-order valence-corrected chi connectivity index (χ2v) is 6.52. The first-order chi connectivity index (χ1) is 13.2. The maximum Gasteiger partial charge on any atom is 0.257 e. The Balaban J connectivity index is 1.59. The lowest BCUT2D eigenvalue weighted by molar-refractivity contribution is 0.0702. The summed E-state index contributed by atoms with van der Waals surface area (Å²) >= 11 is 0. The first-order valence-corrected chi connectivity index (χ1v) is 8.87. The molecule has 1 aliphatic heterocycles. The van der Waals surface area contributed by atoms with Gasteiger partial charge in [0.25, 0.3) is 5.91 Å². The van der Waals surface area contributed by atoms with E-state index in [1.807, 2.05) is 4.90 Å². The van der Waals surface area contributed by atoms with Crippen LogP contribution in [0, 0.1) is 0 Å². The predicted octanol–water partition coefficient (Wildman–Crippen LogP) is 2.39. The number of piperidine rings is 1. The lowest BCUT2D eigenvalue weighted by Gasteiger charge is -2.32. The third-order valence-electron chi connectivity index (χ3n) is 4.97. The molecular formula is C19H21N5O3. The van der Waals surface area contributed by atoms with Gasteiger partial charge in [0.2, 0.25) is 0 Å². The molecule has 0 radical (unpaired) electrons. The van der Waals surface area contributed by atoms with Gasteiger partial charge < -0.3 is 14.4 Å². The largest absolute Gasteiger partial charge is 0.497 e. The van der Waals surface area contributed by atoms with E-state index in [9.17, 15) is 4.79 Å². The van der Waals surface area contributed by atoms with Crippen LogP contribution in [0.1, 0.15) is 34.8 Å². The molecule has 1 fully saturated rings. The molecule has 1 aromatic carbocycles. The quantitative estimate of drug-likeness (QED) is 0.761. The fraction of sp³-hybridized carbons (Fsp3) is 0.368. The number of likely N-dealkylation sites (tertiary alicyclic amines) is 1. The minimum atomic E-state index is -0.0471. The summed E-state index contributed by atoms with van der Waals surface area (Å²) < 4.78 is 10.6. The number of nitrogens with one attached hydrogen (secondary N) is 1. The Kier molecular flexibility index (Phi) is 4.62. The highest BCUT2D eigenvalue weighted by molar-refractivity contribution is 5.97. The molecule has 4 rings (SSSR count). The van der Waals surface area contributed by atoms with E-state index >= 15 is 0 Å². The maximum atomic E-state index is 13.1. The Morgan fingerprint density at radius 3 is 2.89 bits per heavy atom. The molecule has 1 N–H and O–H groups in total. The number of hydrogen-bond donors (Lipinski definition) is 1. The number of hydrogen-bond acceptors (Lipinski definition) is 6. The molecule has 3 aromatic rings. The smallest absolute Gasteiger partial charge is 0.257 e. The Morgan fingerprint density at radius 2 is 2.07 bits per heavy atom. The van der Waals surface area contributed by atoms with Crippen molar-refractivity contribution < 1.29 is 14.3 Å². The highest BCUT2D eigenvalue weighted by Gasteiger charge is 2.29. The average Bonchev–Trinajstić information content (AvgIpc) is 3.17. The van der Waals surface area contributed by atoms with Crippen molar-refractivity contribution in [3.8, 4) is 11.5 Å². The van der Waals surface area contributed by atoms with Crippen LogP contribution < -0.4 is 9.47 Å². The van der Waals surface area contributed by atoms with Crippen LogP contribution in [0.25, 0.3) is 11.2 Å². The molecule has 1 saturated heterocycles. The molecule has 1 aliphatic rings. The third-order valence-corrected chi connectivity index (χ3v) is 4.97. The Hall–Kier alpha value is -3.16. The van der Waals surface area contributed by atoms with Crippen molar-refractivity contribution in [3.63, 3.8) is 0 Å². The summed E-state index contributed by atoms with van der Waals surface area (Å²) in [5, 5.41) is 7.30. The van der Waals surface area contributed by atoms with Crippen LogP contribution in [0.2, 0.25) is 0 Å². The number of aromatic amines is 1.